The molecule has 8 heteroatoms. The SMILES string of the molecule is CNC(=O)/C(C#N)=C1/S[C@H](Cc2ccc(F)cc2)C(=O)N1c1ccc(F)cc1. The van der Waals surface area contributed by atoms with Gasteiger partial charge in [-0.15, -0.1) is 0 Å². The average Bonchev–Trinajstić information content (AvgIpc) is 3.00. The van der Waals surface area contributed by atoms with Gasteiger partial charge in [0.15, 0.2) is 0 Å². The highest BCUT2D eigenvalue weighted by Gasteiger charge is 2.40. The van der Waals surface area contributed by atoms with E-state index in [-0.39, 0.29) is 28.7 Å². The normalized spacial score (nSPS) is 18.0. The van der Waals surface area contributed by atoms with Crippen molar-refractivity contribution in [3.8, 4) is 6.07 Å². The van der Waals surface area contributed by atoms with Gasteiger partial charge in [-0.3, -0.25) is 14.5 Å². The van der Waals surface area contributed by atoms with Crippen LogP contribution < -0.4 is 10.2 Å². The molecule has 2 aromatic carbocycles. The molecule has 1 saturated heterocycles. The van der Waals surface area contributed by atoms with Crippen molar-refractivity contribution < 1.29 is 18.4 Å². The number of rotatable bonds is 4. The number of amides is 2. The summed E-state index contributed by atoms with van der Waals surface area (Å²) in [5.74, 6) is -1.81. The Morgan fingerprint density at radius 2 is 1.71 bits per heavy atom. The zero-order valence-corrected chi connectivity index (χ0v) is 15.6. The van der Waals surface area contributed by atoms with E-state index in [4.69, 9.17) is 0 Å². The Hall–Kier alpha value is -3.18. The highest BCUT2D eigenvalue weighted by Crippen LogP contribution is 2.41. The average molecular weight is 399 g/mol. The minimum atomic E-state index is -0.618. The summed E-state index contributed by atoms with van der Waals surface area (Å²) in [6.07, 6.45) is 0.289. The van der Waals surface area contributed by atoms with Crippen molar-refractivity contribution in [3.63, 3.8) is 0 Å². The summed E-state index contributed by atoms with van der Waals surface area (Å²) in [5.41, 5.74) is 0.893. The zero-order valence-electron chi connectivity index (χ0n) is 14.8. The fourth-order valence-electron chi connectivity index (χ4n) is 2.77. The number of halogens is 2. The Kier molecular flexibility index (Phi) is 5.76. The Bertz CT molecular complexity index is 982. The van der Waals surface area contributed by atoms with Crippen molar-refractivity contribution in [3.05, 3.63) is 76.3 Å². The summed E-state index contributed by atoms with van der Waals surface area (Å²) in [6.45, 7) is 0. The van der Waals surface area contributed by atoms with Crippen LogP contribution in [0, 0.1) is 23.0 Å². The second kappa shape index (κ2) is 8.23. The molecule has 1 fully saturated rings. The Morgan fingerprint density at radius 3 is 2.25 bits per heavy atom. The lowest BCUT2D eigenvalue weighted by Gasteiger charge is -2.18. The molecule has 0 spiro atoms. The van der Waals surface area contributed by atoms with Gasteiger partial charge in [-0.2, -0.15) is 5.26 Å². The van der Waals surface area contributed by atoms with Gasteiger partial charge >= 0.3 is 0 Å². The molecule has 0 radical (unpaired) electrons. The van der Waals surface area contributed by atoms with Crippen molar-refractivity contribution in [1.29, 1.82) is 5.26 Å². The van der Waals surface area contributed by atoms with Crippen LogP contribution in [0.15, 0.2) is 59.1 Å². The lowest BCUT2D eigenvalue weighted by atomic mass is 10.1. The van der Waals surface area contributed by atoms with E-state index in [1.54, 1.807) is 12.1 Å². The fourth-order valence-corrected chi connectivity index (χ4v) is 4.08. The molecule has 142 valence electrons. The number of anilines is 1. The molecule has 28 heavy (non-hydrogen) atoms. The summed E-state index contributed by atoms with van der Waals surface area (Å²) in [6, 6.07) is 12.8. The number of likely N-dealkylation sites (N-methyl/N-ethyl adjacent to an activating group) is 1. The van der Waals surface area contributed by atoms with Crippen LogP contribution >= 0.6 is 11.8 Å². The lowest BCUT2D eigenvalue weighted by Crippen LogP contribution is -2.31. The third kappa shape index (κ3) is 3.89. The first kappa shape index (κ1) is 19.6. The van der Waals surface area contributed by atoms with Crippen LogP contribution in [0.25, 0.3) is 0 Å². The van der Waals surface area contributed by atoms with Crippen molar-refractivity contribution >= 4 is 29.3 Å². The van der Waals surface area contributed by atoms with Gasteiger partial charge in [0.2, 0.25) is 5.91 Å². The van der Waals surface area contributed by atoms with Crippen LogP contribution in [0.3, 0.4) is 0 Å². The van der Waals surface area contributed by atoms with Crippen LogP contribution in [0.1, 0.15) is 5.56 Å². The largest absolute Gasteiger partial charge is 0.354 e. The molecule has 0 unspecified atom stereocenters. The number of carbonyl (C=O) groups excluding carboxylic acids is 2. The molecule has 0 aliphatic carbocycles. The Labute approximate surface area is 164 Å². The monoisotopic (exact) mass is 399 g/mol. The van der Waals surface area contributed by atoms with E-state index in [1.807, 2.05) is 6.07 Å². The molecule has 3 rings (SSSR count). The smallest absolute Gasteiger partial charge is 0.264 e. The fraction of sp³-hybridized carbons (Fsp3) is 0.150. The number of nitrogens with zero attached hydrogens (tertiary/aromatic N) is 2. The topological polar surface area (TPSA) is 73.2 Å². The molecule has 5 nitrogen and oxygen atoms in total. The molecule has 1 heterocycles. The predicted octanol–water partition coefficient (Wildman–Crippen LogP) is 3.14. The Balaban J connectivity index is 2.03. The van der Waals surface area contributed by atoms with Gasteiger partial charge in [-0.05, 0) is 48.4 Å². The van der Waals surface area contributed by atoms with E-state index in [0.29, 0.717) is 5.69 Å². The molecule has 2 amide bonds. The van der Waals surface area contributed by atoms with Crippen LogP contribution in [0.4, 0.5) is 14.5 Å². The molecule has 1 N–H and O–H groups in total. The lowest BCUT2D eigenvalue weighted by molar-refractivity contribution is -0.117. The molecular formula is C20H15F2N3O2S. The quantitative estimate of drug-likeness (QED) is 0.633. The maximum absolute atomic E-state index is 13.3. The summed E-state index contributed by atoms with van der Waals surface area (Å²) in [4.78, 5) is 26.4. The number of hydrogen-bond acceptors (Lipinski definition) is 4. The third-order valence-corrected chi connectivity index (χ3v) is 5.41. The molecule has 2 aromatic rings. The predicted molar refractivity (Wildman–Crippen MR) is 102 cm³/mol. The van der Waals surface area contributed by atoms with Crippen LogP contribution in [-0.2, 0) is 16.0 Å². The van der Waals surface area contributed by atoms with E-state index >= 15 is 0 Å². The van der Waals surface area contributed by atoms with Crippen LogP contribution in [0.2, 0.25) is 0 Å². The van der Waals surface area contributed by atoms with Crippen LogP contribution in [-0.4, -0.2) is 24.1 Å². The minimum absolute atomic E-state index is 0.186. The minimum Gasteiger partial charge on any atom is -0.354 e. The van der Waals surface area contributed by atoms with E-state index in [9.17, 15) is 23.6 Å². The maximum atomic E-state index is 13.3. The van der Waals surface area contributed by atoms with Gasteiger partial charge < -0.3 is 5.32 Å². The number of nitrogens with one attached hydrogen (secondary N) is 1. The van der Waals surface area contributed by atoms with E-state index in [0.717, 1.165) is 17.3 Å². The number of hydrogen-bond donors (Lipinski definition) is 1. The maximum Gasteiger partial charge on any atom is 0.264 e. The van der Waals surface area contributed by atoms with E-state index in [1.165, 1.54) is 48.3 Å². The first-order valence-electron chi connectivity index (χ1n) is 8.31. The van der Waals surface area contributed by atoms with Crippen molar-refractivity contribution in [2.75, 3.05) is 11.9 Å². The molecule has 1 atom stereocenters. The molecule has 1 aliphatic rings. The molecule has 0 aromatic heterocycles. The van der Waals surface area contributed by atoms with Gasteiger partial charge in [-0.1, -0.05) is 23.9 Å². The summed E-state index contributed by atoms with van der Waals surface area (Å²) in [7, 11) is 1.39. The standard InChI is InChI=1S/C20H15F2N3O2S/c1-24-18(26)16(11-23)20-25(15-8-6-14(22)7-9-15)19(27)17(28-20)10-12-2-4-13(21)5-3-12/h2-9,17H,10H2,1H3,(H,24,26)/b20-16+/t17-/m1/s1. The van der Waals surface area contributed by atoms with Gasteiger partial charge in [0.25, 0.3) is 5.91 Å². The Morgan fingerprint density at radius 1 is 1.14 bits per heavy atom. The highest BCUT2D eigenvalue weighted by atomic mass is 32.2. The summed E-state index contributed by atoms with van der Waals surface area (Å²) >= 11 is 1.09. The van der Waals surface area contributed by atoms with Crippen molar-refractivity contribution in [2.24, 2.45) is 0 Å². The number of benzene rings is 2. The molecule has 0 bridgehead atoms. The van der Waals surface area contributed by atoms with Gasteiger partial charge in [0.1, 0.15) is 28.3 Å². The van der Waals surface area contributed by atoms with E-state index in [2.05, 4.69) is 5.32 Å². The summed E-state index contributed by atoms with van der Waals surface area (Å²) in [5, 5.41) is 11.4. The number of carbonyl (C=O) groups is 2. The number of thioether (sulfide) groups is 1. The second-order valence-electron chi connectivity index (χ2n) is 5.96. The molecule has 1 aliphatic heterocycles. The first-order chi connectivity index (χ1) is 13.4. The summed E-state index contributed by atoms with van der Waals surface area (Å²) < 4.78 is 26.4. The number of nitriles is 1. The zero-order chi connectivity index (χ0) is 20.3. The van der Waals surface area contributed by atoms with Crippen LogP contribution in [0.5, 0.6) is 0 Å². The van der Waals surface area contributed by atoms with Crippen molar-refractivity contribution in [1.82, 2.24) is 5.32 Å². The van der Waals surface area contributed by atoms with Crippen molar-refractivity contribution in [2.45, 2.75) is 11.7 Å². The van der Waals surface area contributed by atoms with Gasteiger partial charge in [0, 0.05) is 12.7 Å². The first-order valence-corrected chi connectivity index (χ1v) is 9.19. The molecular weight excluding hydrogens is 384 g/mol. The highest BCUT2D eigenvalue weighted by molar-refractivity contribution is 8.05. The third-order valence-electron chi connectivity index (χ3n) is 4.15. The van der Waals surface area contributed by atoms with E-state index < -0.39 is 17.0 Å². The second-order valence-corrected chi connectivity index (χ2v) is 7.15. The van der Waals surface area contributed by atoms with Gasteiger partial charge in [0.05, 0.1) is 5.25 Å². The van der Waals surface area contributed by atoms with Gasteiger partial charge in [-0.25, -0.2) is 8.78 Å². The molecule has 0 saturated carbocycles.